The summed E-state index contributed by atoms with van der Waals surface area (Å²) < 4.78 is 54.8. The largest absolute Gasteiger partial charge is 0.325 e. The number of piperidine rings is 1. The van der Waals surface area contributed by atoms with E-state index in [0.717, 1.165) is 35.7 Å². The van der Waals surface area contributed by atoms with Gasteiger partial charge in [-0.2, -0.15) is 4.31 Å². The van der Waals surface area contributed by atoms with Crippen molar-refractivity contribution in [2.75, 3.05) is 29.3 Å². The van der Waals surface area contributed by atoms with Crippen LogP contribution in [0.2, 0.25) is 0 Å². The van der Waals surface area contributed by atoms with Crippen molar-refractivity contribution in [2.45, 2.75) is 29.1 Å². The van der Waals surface area contributed by atoms with Crippen molar-refractivity contribution in [2.24, 2.45) is 0 Å². The lowest BCUT2D eigenvalue weighted by atomic mass is 10.2. The van der Waals surface area contributed by atoms with Crippen LogP contribution in [0.3, 0.4) is 0 Å². The van der Waals surface area contributed by atoms with Gasteiger partial charge in [-0.15, -0.1) is 0 Å². The monoisotopic (exact) mass is 558 g/mol. The van der Waals surface area contributed by atoms with Crippen molar-refractivity contribution in [3.05, 3.63) is 89.0 Å². The minimum Gasteiger partial charge on any atom is -0.325 e. The van der Waals surface area contributed by atoms with Crippen molar-refractivity contribution in [3.63, 3.8) is 0 Å². The summed E-state index contributed by atoms with van der Waals surface area (Å²) in [7, 11) is -7.83. The van der Waals surface area contributed by atoms with E-state index in [2.05, 4.69) is 5.32 Å². The number of carbonyl (C=O) groups is 1. The lowest BCUT2D eigenvalue weighted by Crippen LogP contribution is -2.38. The number of rotatable bonds is 9. The van der Waals surface area contributed by atoms with Gasteiger partial charge in [0.05, 0.1) is 20.4 Å². The Morgan fingerprint density at radius 3 is 2.03 bits per heavy atom. The standard InChI is InChI=1S/C25H26N4O7S2/c30-25(26-20-9-15-24(16-10-20)37(33,34)27-17-5-2-6-18-27)19-28(21-11-13-22(14-12-21)29(31)32)38(35,36)23-7-3-1-4-8-23/h1,3-4,7-16H,2,5-6,17-19H2,(H,26,30). The number of nitrogens with zero attached hydrogens (tertiary/aromatic N) is 3. The van der Waals surface area contributed by atoms with Gasteiger partial charge < -0.3 is 5.32 Å². The van der Waals surface area contributed by atoms with E-state index >= 15 is 0 Å². The fraction of sp³-hybridized carbons (Fsp3) is 0.240. The molecule has 0 spiro atoms. The number of sulfonamides is 2. The molecule has 13 heteroatoms. The zero-order valence-corrected chi connectivity index (χ0v) is 21.9. The molecule has 1 saturated heterocycles. The van der Waals surface area contributed by atoms with Crippen LogP contribution in [0, 0.1) is 10.1 Å². The second-order valence-electron chi connectivity index (χ2n) is 8.64. The molecule has 0 atom stereocenters. The number of nitro benzene ring substituents is 1. The SMILES string of the molecule is O=C(CN(c1ccc([N+](=O)[O-])cc1)S(=O)(=O)c1ccccc1)Nc1ccc(S(=O)(=O)N2CCCCC2)cc1. The van der Waals surface area contributed by atoms with Crippen LogP contribution in [0.5, 0.6) is 0 Å². The van der Waals surface area contributed by atoms with Crippen molar-refractivity contribution >= 4 is 43.0 Å². The van der Waals surface area contributed by atoms with Gasteiger partial charge >= 0.3 is 0 Å². The van der Waals surface area contributed by atoms with Crippen molar-refractivity contribution in [3.8, 4) is 0 Å². The summed E-state index contributed by atoms with van der Waals surface area (Å²) in [5, 5.41) is 13.6. The van der Waals surface area contributed by atoms with E-state index < -0.39 is 37.4 Å². The Morgan fingerprint density at radius 2 is 1.45 bits per heavy atom. The number of amides is 1. The van der Waals surface area contributed by atoms with Gasteiger partial charge in [-0.25, -0.2) is 16.8 Å². The van der Waals surface area contributed by atoms with E-state index in [1.54, 1.807) is 18.2 Å². The van der Waals surface area contributed by atoms with E-state index in [1.807, 2.05) is 0 Å². The normalized spacial score (nSPS) is 14.5. The fourth-order valence-corrected chi connectivity index (χ4v) is 7.03. The summed E-state index contributed by atoms with van der Waals surface area (Å²) in [6.07, 6.45) is 2.61. The van der Waals surface area contributed by atoms with E-state index in [1.165, 1.54) is 52.8 Å². The Balaban J connectivity index is 1.55. The maximum Gasteiger partial charge on any atom is 0.269 e. The molecule has 0 radical (unpaired) electrons. The molecule has 4 rings (SSSR count). The van der Waals surface area contributed by atoms with Gasteiger partial charge in [-0.1, -0.05) is 24.6 Å². The highest BCUT2D eigenvalue weighted by molar-refractivity contribution is 7.92. The zero-order valence-electron chi connectivity index (χ0n) is 20.3. The highest BCUT2D eigenvalue weighted by Gasteiger charge is 2.28. The number of hydrogen-bond donors (Lipinski definition) is 1. The summed E-state index contributed by atoms with van der Waals surface area (Å²) in [4.78, 5) is 23.4. The van der Waals surface area contributed by atoms with Crippen LogP contribution in [-0.4, -0.2) is 51.6 Å². The molecule has 1 N–H and O–H groups in total. The molecule has 1 heterocycles. The predicted molar refractivity (Wildman–Crippen MR) is 142 cm³/mol. The molecule has 0 aromatic heterocycles. The highest BCUT2D eigenvalue weighted by atomic mass is 32.2. The molecule has 0 aliphatic carbocycles. The number of benzene rings is 3. The maximum atomic E-state index is 13.4. The Hall–Kier alpha value is -3.81. The first-order valence-electron chi connectivity index (χ1n) is 11.8. The molecule has 0 bridgehead atoms. The third-order valence-electron chi connectivity index (χ3n) is 6.06. The molecule has 0 saturated carbocycles. The molecule has 3 aromatic carbocycles. The first-order chi connectivity index (χ1) is 18.1. The first-order valence-corrected chi connectivity index (χ1v) is 14.7. The Kier molecular flexibility index (Phi) is 8.09. The van der Waals surface area contributed by atoms with Gasteiger partial charge in [0.25, 0.3) is 15.7 Å². The molecule has 3 aromatic rings. The fourth-order valence-electron chi connectivity index (χ4n) is 4.07. The first kappa shape index (κ1) is 27.2. The third-order valence-corrected chi connectivity index (χ3v) is 9.76. The number of carbonyl (C=O) groups excluding carboxylic acids is 1. The summed E-state index contributed by atoms with van der Waals surface area (Å²) in [5.74, 6) is -0.686. The summed E-state index contributed by atoms with van der Waals surface area (Å²) in [5.41, 5.74) is 0.126. The second kappa shape index (κ2) is 11.3. The highest BCUT2D eigenvalue weighted by Crippen LogP contribution is 2.26. The molecule has 1 fully saturated rings. The van der Waals surface area contributed by atoms with E-state index in [9.17, 15) is 31.7 Å². The van der Waals surface area contributed by atoms with Crippen molar-refractivity contribution < 1.29 is 26.6 Å². The van der Waals surface area contributed by atoms with Gasteiger partial charge in [0, 0.05) is 30.9 Å². The summed E-state index contributed by atoms with van der Waals surface area (Å²) in [6, 6.07) is 18.0. The van der Waals surface area contributed by atoms with Gasteiger partial charge in [-0.05, 0) is 61.4 Å². The number of non-ortho nitro benzene ring substituents is 1. The van der Waals surface area contributed by atoms with E-state index in [4.69, 9.17) is 0 Å². The molecular formula is C25H26N4O7S2. The van der Waals surface area contributed by atoms with Gasteiger partial charge in [-0.3, -0.25) is 19.2 Å². The maximum absolute atomic E-state index is 13.4. The number of nitro groups is 1. The van der Waals surface area contributed by atoms with Crippen LogP contribution >= 0.6 is 0 Å². The third kappa shape index (κ3) is 6.01. The molecule has 38 heavy (non-hydrogen) atoms. The number of nitrogens with one attached hydrogen (secondary N) is 1. The van der Waals surface area contributed by atoms with E-state index in [0.29, 0.717) is 13.1 Å². The molecular weight excluding hydrogens is 532 g/mol. The molecule has 1 aliphatic heterocycles. The van der Waals surface area contributed by atoms with Crippen LogP contribution in [0.4, 0.5) is 17.1 Å². The second-order valence-corrected chi connectivity index (χ2v) is 12.4. The van der Waals surface area contributed by atoms with E-state index in [-0.39, 0.29) is 26.9 Å². The Labute approximate surface area is 220 Å². The average molecular weight is 559 g/mol. The zero-order chi connectivity index (χ0) is 27.3. The van der Waals surface area contributed by atoms with Crippen LogP contribution in [0.15, 0.2) is 88.7 Å². The topological polar surface area (TPSA) is 147 Å². The van der Waals surface area contributed by atoms with Gasteiger partial charge in [0.15, 0.2) is 0 Å². The molecule has 0 unspecified atom stereocenters. The van der Waals surface area contributed by atoms with Crippen molar-refractivity contribution in [1.29, 1.82) is 0 Å². The van der Waals surface area contributed by atoms with Gasteiger partial charge in [0.1, 0.15) is 6.54 Å². The predicted octanol–water partition coefficient (Wildman–Crippen LogP) is 3.60. The summed E-state index contributed by atoms with van der Waals surface area (Å²) >= 11 is 0. The van der Waals surface area contributed by atoms with Gasteiger partial charge in [0.2, 0.25) is 15.9 Å². The number of anilines is 2. The lowest BCUT2D eigenvalue weighted by molar-refractivity contribution is -0.384. The van der Waals surface area contributed by atoms with Crippen LogP contribution < -0.4 is 9.62 Å². The molecule has 1 aliphatic rings. The molecule has 200 valence electrons. The van der Waals surface area contributed by atoms with Crippen LogP contribution in [0.25, 0.3) is 0 Å². The smallest absolute Gasteiger partial charge is 0.269 e. The van der Waals surface area contributed by atoms with Crippen molar-refractivity contribution in [1.82, 2.24) is 4.31 Å². The quantitative estimate of drug-likeness (QED) is 0.312. The Morgan fingerprint density at radius 1 is 0.842 bits per heavy atom. The summed E-state index contributed by atoms with van der Waals surface area (Å²) in [6.45, 7) is 0.313. The number of hydrogen-bond acceptors (Lipinski definition) is 7. The lowest BCUT2D eigenvalue weighted by Gasteiger charge is -2.26. The van der Waals surface area contributed by atoms with Crippen LogP contribution in [-0.2, 0) is 24.8 Å². The minimum atomic E-state index is -4.20. The molecule has 11 nitrogen and oxygen atoms in total. The average Bonchev–Trinajstić information content (AvgIpc) is 2.93. The van der Waals surface area contributed by atoms with Crippen LogP contribution in [0.1, 0.15) is 19.3 Å². The molecule has 1 amide bonds. The Bertz CT molecular complexity index is 1500. The minimum absolute atomic E-state index is 0.0570.